The van der Waals surface area contributed by atoms with Gasteiger partial charge in [0.25, 0.3) is 0 Å². The van der Waals surface area contributed by atoms with Crippen LogP contribution >= 0.6 is 0 Å². The van der Waals surface area contributed by atoms with Crippen molar-refractivity contribution in [2.75, 3.05) is 11.9 Å². The highest BCUT2D eigenvalue weighted by Crippen LogP contribution is 2.25. The van der Waals surface area contributed by atoms with E-state index in [9.17, 15) is 9.59 Å². The van der Waals surface area contributed by atoms with Crippen LogP contribution < -0.4 is 16.2 Å². The number of benzene rings is 2. The third kappa shape index (κ3) is 3.16. The molecular weight excluding hydrogens is 298 g/mol. The number of hydrogen-bond acceptors (Lipinski definition) is 3. The van der Waals surface area contributed by atoms with Crippen molar-refractivity contribution in [1.82, 2.24) is 0 Å². The molecule has 0 amide bonds. The lowest BCUT2D eigenvalue weighted by Crippen LogP contribution is -2.36. The highest BCUT2D eigenvalue weighted by Gasteiger charge is 2.21. The molecular formula is C21H21NO2. The SMILES string of the molecule is Cc1ccc(-c2c(NCCCc3ccccc3)c(=O)c2=O)cc1C. The van der Waals surface area contributed by atoms with Crippen molar-refractivity contribution in [1.29, 1.82) is 0 Å². The van der Waals surface area contributed by atoms with Crippen LogP contribution in [0.1, 0.15) is 23.1 Å². The Kier molecular flexibility index (Phi) is 4.61. The van der Waals surface area contributed by atoms with Crippen molar-refractivity contribution in [3.05, 3.63) is 85.7 Å². The van der Waals surface area contributed by atoms with Crippen molar-refractivity contribution in [3.63, 3.8) is 0 Å². The average molecular weight is 319 g/mol. The van der Waals surface area contributed by atoms with E-state index in [1.54, 1.807) is 0 Å². The first kappa shape index (κ1) is 16.2. The van der Waals surface area contributed by atoms with Gasteiger partial charge in [-0.1, -0.05) is 48.5 Å². The fraction of sp³-hybridized carbons (Fsp3) is 0.238. The third-order valence-corrected chi connectivity index (χ3v) is 4.49. The van der Waals surface area contributed by atoms with E-state index in [1.807, 2.05) is 50.2 Å². The largest absolute Gasteiger partial charge is 0.381 e. The van der Waals surface area contributed by atoms with Gasteiger partial charge in [0.05, 0.1) is 11.3 Å². The average Bonchev–Trinajstić information content (AvgIpc) is 2.60. The van der Waals surface area contributed by atoms with Crippen LogP contribution in [0.5, 0.6) is 0 Å². The van der Waals surface area contributed by atoms with Gasteiger partial charge in [0.2, 0.25) is 10.9 Å². The van der Waals surface area contributed by atoms with Gasteiger partial charge in [-0.05, 0) is 48.9 Å². The van der Waals surface area contributed by atoms with Gasteiger partial charge < -0.3 is 5.32 Å². The van der Waals surface area contributed by atoms with Gasteiger partial charge in [-0.25, -0.2) is 0 Å². The van der Waals surface area contributed by atoms with E-state index < -0.39 is 5.43 Å². The van der Waals surface area contributed by atoms with Crippen molar-refractivity contribution >= 4 is 5.69 Å². The Morgan fingerprint density at radius 3 is 2.33 bits per heavy atom. The second kappa shape index (κ2) is 6.83. The molecule has 0 radical (unpaired) electrons. The van der Waals surface area contributed by atoms with E-state index in [4.69, 9.17) is 0 Å². The summed E-state index contributed by atoms with van der Waals surface area (Å²) in [5.74, 6) is 0. The molecule has 0 spiro atoms. The first-order chi connectivity index (χ1) is 11.6. The van der Waals surface area contributed by atoms with Gasteiger partial charge in [-0.2, -0.15) is 0 Å². The van der Waals surface area contributed by atoms with Crippen molar-refractivity contribution in [2.24, 2.45) is 0 Å². The molecule has 24 heavy (non-hydrogen) atoms. The van der Waals surface area contributed by atoms with Crippen LogP contribution in [0.3, 0.4) is 0 Å². The van der Waals surface area contributed by atoms with Crippen LogP contribution in [0, 0.1) is 13.8 Å². The molecule has 3 aromatic carbocycles. The summed E-state index contributed by atoms with van der Waals surface area (Å²) in [4.78, 5) is 23.9. The fourth-order valence-corrected chi connectivity index (χ4v) is 2.88. The molecule has 3 nitrogen and oxygen atoms in total. The van der Waals surface area contributed by atoms with Crippen LogP contribution in [0.15, 0.2) is 58.1 Å². The number of rotatable bonds is 6. The van der Waals surface area contributed by atoms with E-state index in [-0.39, 0.29) is 5.43 Å². The van der Waals surface area contributed by atoms with Gasteiger partial charge in [-0.15, -0.1) is 0 Å². The van der Waals surface area contributed by atoms with Gasteiger partial charge in [0, 0.05) is 6.54 Å². The fourth-order valence-electron chi connectivity index (χ4n) is 2.88. The maximum atomic E-state index is 12.0. The minimum absolute atomic E-state index is 0.385. The topological polar surface area (TPSA) is 46.2 Å². The van der Waals surface area contributed by atoms with Crippen molar-refractivity contribution < 1.29 is 0 Å². The Labute approximate surface area is 141 Å². The summed E-state index contributed by atoms with van der Waals surface area (Å²) < 4.78 is 0. The monoisotopic (exact) mass is 319 g/mol. The second-order valence-corrected chi connectivity index (χ2v) is 6.22. The summed E-state index contributed by atoms with van der Waals surface area (Å²) in [6.07, 6.45) is 1.86. The first-order valence-electron chi connectivity index (χ1n) is 8.26. The van der Waals surface area contributed by atoms with Crippen molar-refractivity contribution in [2.45, 2.75) is 26.7 Å². The lowest BCUT2D eigenvalue weighted by molar-refractivity contribution is 0.861. The standard InChI is InChI=1S/C21H21NO2/c1-14-10-11-17(13-15(14)2)18-19(21(24)20(18)23)22-12-6-9-16-7-4-3-5-8-16/h3-5,7-8,10-11,13,22H,6,9,12H2,1-2H3. The quantitative estimate of drug-likeness (QED) is 0.558. The predicted molar refractivity (Wildman–Crippen MR) is 99.5 cm³/mol. The zero-order valence-electron chi connectivity index (χ0n) is 14.1. The minimum atomic E-state index is -0.400. The molecule has 122 valence electrons. The molecule has 1 N–H and O–H groups in total. The zero-order chi connectivity index (χ0) is 17.1. The highest BCUT2D eigenvalue weighted by atomic mass is 16.2. The lowest BCUT2D eigenvalue weighted by atomic mass is 9.95. The molecule has 0 unspecified atom stereocenters. The van der Waals surface area contributed by atoms with Gasteiger partial charge >= 0.3 is 0 Å². The van der Waals surface area contributed by atoms with E-state index in [0.29, 0.717) is 17.8 Å². The first-order valence-corrected chi connectivity index (χ1v) is 8.26. The molecule has 0 aliphatic rings. The van der Waals surface area contributed by atoms with Crippen LogP contribution in [0.4, 0.5) is 5.69 Å². The summed E-state index contributed by atoms with van der Waals surface area (Å²) in [6.45, 7) is 4.72. The van der Waals surface area contributed by atoms with E-state index >= 15 is 0 Å². The summed E-state index contributed by atoms with van der Waals surface area (Å²) in [7, 11) is 0. The number of anilines is 1. The Morgan fingerprint density at radius 2 is 1.62 bits per heavy atom. The summed E-state index contributed by atoms with van der Waals surface area (Å²) in [5.41, 5.74) is 4.61. The van der Waals surface area contributed by atoms with Gasteiger partial charge in [-0.3, -0.25) is 9.59 Å². The molecule has 0 aliphatic carbocycles. The molecule has 3 rings (SSSR count). The number of hydrogen-bond donors (Lipinski definition) is 1. The maximum absolute atomic E-state index is 12.0. The van der Waals surface area contributed by atoms with E-state index in [2.05, 4.69) is 17.4 Å². The Bertz CT molecular complexity index is 919. The van der Waals surface area contributed by atoms with Crippen LogP contribution in [-0.2, 0) is 6.42 Å². The lowest BCUT2D eigenvalue weighted by Gasteiger charge is -2.14. The molecule has 0 heterocycles. The van der Waals surface area contributed by atoms with Crippen LogP contribution in [-0.4, -0.2) is 6.54 Å². The second-order valence-electron chi connectivity index (χ2n) is 6.22. The van der Waals surface area contributed by atoms with E-state index in [1.165, 1.54) is 11.1 Å². The molecule has 0 fully saturated rings. The Balaban J connectivity index is 1.69. The molecule has 0 atom stereocenters. The molecule has 0 aliphatic heterocycles. The Hall–Kier alpha value is -2.68. The highest BCUT2D eigenvalue weighted by molar-refractivity contribution is 5.82. The molecule has 0 saturated heterocycles. The summed E-state index contributed by atoms with van der Waals surface area (Å²) >= 11 is 0. The van der Waals surface area contributed by atoms with Crippen molar-refractivity contribution in [3.8, 4) is 11.1 Å². The summed E-state index contributed by atoms with van der Waals surface area (Å²) in [5, 5.41) is 3.16. The predicted octanol–water partition coefficient (Wildman–Crippen LogP) is 3.61. The molecule has 0 saturated carbocycles. The minimum Gasteiger partial charge on any atom is -0.381 e. The summed E-state index contributed by atoms with van der Waals surface area (Å²) in [6, 6.07) is 16.1. The van der Waals surface area contributed by atoms with Gasteiger partial charge in [0.15, 0.2) is 0 Å². The maximum Gasteiger partial charge on any atom is 0.250 e. The molecule has 3 aromatic rings. The van der Waals surface area contributed by atoms with Crippen LogP contribution in [0.25, 0.3) is 11.1 Å². The molecule has 0 aromatic heterocycles. The van der Waals surface area contributed by atoms with E-state index in [0.717, 1.165) is 24.0 Å². The smallest absolute Gasteiger partial charge is 0.250 e. The number of aryl methyl sites for hydroxylation is 3. The Morgan fingerprint density at radius 1 is 0.875 bits per heavy atom. The zero-order valence-corrected chi connectivity index (χ0v) is 14.1. The van der Waals surface area contributed by atoms with Crippen LogP contribution in [0.2, 0.25) is 0 Å². The normalized spacial score (nSPS) is 10.9. The van der Waals surface area contributed by atoms with Gasteiger partial charge in [0.1, 0.15) is 0 Å². The third-order valence-electron chi connectivity index (χ3n) is 4.49. The molecule has 3 heteroatoms. The number of nitrogens with one attached hydrogen (secondary N) is 1. The molecule has 0 bridgehead atoms.